The normalized spacial score (nSPS) is 26.2. The number of carbonyl (C=O) groups is 1. The lowest BCUT2D eigenvalue weighted by molar-refractivity contribution is -0.123. The average Bonchev–Trinajstić information content (AvgIpc) is 3.33. The maximum absolute atomic E-state index is 12.4. The molecule has 1 amide bonds. The van der Waals surface area contributed by atoms with E-state index in [-0.39, 0.29) is 12.0 Å². The number of nitrogens with one attached hydrogen (secondary N) is 1. The van der Waals surface area contributed by atoms with Crippen molar-refractivity contribution in [3.8, 4) is 11.5 Å². The van der Waals surface area contributed by atoms with E-state index >= 15 is 0 Å². The molecule has 0 bridgehead atoms. The first-order chi connectivity index (χ1) is 12.8. The highest BCUT2D eigenvalue weighted by molar-refractivity contribution is 5.78. The Morgan fingerprint density at radius 3 is 2.77 bits per heavy atom. The molecule has 0 spiro atoms. The Kier molecular flexibility index (Phi) is 5.60. The van der Waals surface area contributed by atoms with Gasteiger partial charge in [0.25, 0.3) is 0 Å². The van der Waals surface area contributed by atoms with Gasteiger partial charge in [-0.1, -0.05) is 12.1 Å². The average molecular weight is 359 g/mol. The van der Waals surface area contributed by atoms with Gasteiger partial charge in [0.15, 0.2) is 11.5 Å². The molecule has 0 saturated carbocycles. The first-order valence-electron chi connectivity index (χ1n) is 9.89. The summed E-state index contributed by atoms with van der Waals surface area (Å²) in [5.41, 5.74) is 0. The fraction of sp³-hybridized carbons (Fsp3) is 0.650. The molecule has 0 unspecified atom stereocenters. The molecule has 3 aliphatic heterocycles. The first-order valence-corrected chi connectivity index (χ1v) is 9.89. The predicted molar refractivity (Wildman–Crippen MR) is 99.6 cm³/mol. The highest BCUT2D eigenvalue weighted by atomic mass is 16.6. The number of ether oxygens (including phenoxy) is 2. The third-order valence-electron chi connectivity index (χ3n) is 5.61. The van der Waals surface area contributed by atoms with Gasteiger partial charge in [-0.05, 0) is 57.5 Å². The van der Waals surface area contributed by atoms with Crippen molar-refractivity contribution in [2.75, 3.05) is 45.9 Å². The Bertz CT molecular complexity index is 618. The summed E-state index contributed by atoms with van der Waals surface area (Å²) in [6.07, 6.45) is 4.91. The Hall–Kier alpha value is -1.79. The SMILES string of the molecule is O=C(CN1CCC[C@H]1CN1CCCC1)NC[C@@H]1COc2ccccc2O1. The summed E-state index contributed by atoms with van der Waals surface area (Å²) < 4.78 is 11.6. The van der Waals surface area contributed by atoms with Gasteiger partial charge >= 0.3 is 0 Å². The summed E-state index contributed by atoms with van der Waals surface area (Å²) in [5.74, 6) is 1.61. The van der Waals surface area contributed by atoms with Crippen LogP contribution in [0.2, 0.25) is 0 Å². The number of para-hydroxylation sites is 2. The van der Waals surface area contributed by atoms with Crippen LogP contribution in [-0.4, -0.2) is 73.7 Å². The molecule has 1 aromatic carbocycles. The highest BCUT2D eigenvalue weighted by Crippen LogP contribution is 2.30. The van der Waals surface area contributed by atoms with Gasteiger partial charge in [-0.25, -0.2) is 0 Å². The number of hydrogen-bond acceptors (Lipinski definition) is 5. The number of amides is 1. The minimum atomic E-state index is -0.132. The Morgan fingerprint density at radius 1 is 1.12 bits per heavy atom. The van der Waals surface area contributed by atoms with Crippen molar-refractivity contribution in [2.24, 2.45) is 0 Å². The molecule has 6 nitrogen and oxygen atoms in total. The summed E-state index contributed by atoms with van der Waals surface area (Å²) in [6, 6.07) is 8.18. The van der Waals surface area contributed by atoms with E-state index < -0.39 is 0 Å². The molecular weight excluding hydrogens is 330 g/mol. The monoisotopic (exact) mass is 359 g/mol. The standard InChI is InChI=1S/C20H29N3O3/c24-20(14-23-11-5-6-16(23)13-22-9-3-4-10-22)21-12-17-15-25-18-7-1-2-8-19(18)26-17/h1-2,7-8,16-17H,3-6,9-15H2,(H,21,24)/t16-,17+/m0/s1. The molecule has 1 aromatic rings. The second-order valence-electron chi connectivity index (χ2n) is 7.58. The number of likely N-dealkylation sites (tertiary alicyclic amines) is 2. The van der Waals surface area contributed by atoms with E-state index in [4.69, 9.17) is 9.47 Å². The van der Waals surface area contributed by atoms with E-state index in [0.717, 1.165) is 24.6 Å². The molecule has 6 heteroatoms. The van der Waals surface area contributed by atoms with E-state index in [1.165, 1.54) is 38.8 Å². The van der Waals surface area contributed by atoms with E-state index in [9.17, 15) is 4.79 Å². The smallest absolute Gasteiger partial charge is 0.234 e. The van der Waals surface area contributed by atoms with Gasteiger partial charge in [0.1, 0.15) is 12.7 Å². The van der Waals surface area contributed by atoms with Crippen LogP contribution in [0.4, 0.5) is 0 Å². The molecule has 2 fully saturated rings. The summed E-state index contributed by atoms with van der Waals surface area (Å²) in [6.45, 7) is 6.03. The summed E-state index contributed by atoms with van der Waals surface area (Å²) in [7, 11) is 0. The van der Waals surface area contributed by atoms with Crippen LogP contribution >= 0.6 is 0 Å². The van der Waals surface area contributed by atoms with Crippen LogP contribution in [0.3, 0.4) is 0 Å². The Balaban J connectivity index is 1.21. The highest BCUT2D eigenvalue weighted by Gasteiger charge is 2.29. The minimum absolute atomic E-state index is 0.0841. The van der Waals surface area contributed by atoms with Crippen molar-refractivity contribution in [2.45, 2.75) is 37.8 Å². The van der Waals surface area contributed by atoms with Crippen molar-refractivity contribution >= 4 is 5.91 Å². The molecule has 2 saturated heterocycles. The molecule has 0 aromatic heterocycles. The second kappa shape index (κ2) is 8.27. The lowest BCUT2D eigenvalue weighted by Gasteiger charge is -2.29. The number of hydrogen-bond donors (Lipinski definition) is 1. The van der Waals surface area contributed by atoms with Crippen LogP contribution in [0.1, 0.15) is 25.7 Å². The van der Waals surface area contributed by atoms with Crippen molar-refractivity contribution < 1.29 is 14.3 Å². The fourth-order valence-electron chi connectivity index (χ4n) is 4.21. The van der Waals surface area contributed by atoms with Crippen LogP contribution in [0.15, 0.2) is 24.3 Å². The van der Waals surface area contributed by atoms with E-state index in [0.29, 0.717) is 25.7 Å². The third-order valence-corrected chi connectivity index (χ3v) is 5.61. The number of nitrogens with zero attached hydrogens (tertiary/aromatic N) is 2. The van der Waals surface area contributed by atoms with Gasteiger partial charge in [0.2, 0.25) is 5.91 Å². The molecule has 2 atom stereocenters. The molecule has 26 heavy (non-hydrogen) atoms. The number of carbonyl (C=O) groups excluding carboxylic acids is 1. The molecule has 0 radical (unpaired) electrons. The quantitative estimate of drug-likeness (QED) is 0.834. The van der Waals surface area contributed by atoms with Gasteiger partial charge in [-0.2, -0.15) is 0 Å². The van der Waals surface area contributed by atoms with Gasteiger partial charge in [-0.15, -0.1) is 0 Å². The topological polar surface area (TPSA) is 54.0 Å². The molecule has 0 aliphatic carbocycles. The molecule has 3 heterocycles. The minimum Gasteiger partial charge on any atom is -0.486 e. The number of benzene rings is 1. The Morgan fingerprint density at radius 2 is 1.92 bits per heavy atom. The zero-order valence-corrected chi connectivity index (χ0v) is 15.4. The van der Waals surface area contributed by atoms with Crippen molar-refractivity contribution in [1.29, 1.82) is 0 Å². The summed E-state index contributed by atoms with van der Waals surface area (Å²) in [4.78, 5) is 17.3. The van der Waals surface area contributed by atoms with E-state index in [2.05, 4.69) is 15.1 Å². The van der Waals surface area contributed by atoms with Crippen LogP contribution in [0.5, 0.6) is 11.5 Å². The summed E-state index contributed by atoms with van der Waals surface area (Å²) >= 11 is 0. The third kappa shape index (κ3) is 4.30. The summed E-state index contributed by atoms with van der Waals surface area (Å²) in [5, 5.41) is 3.03. The lowest BCUT2D eigenvalue weighted by atomic mass is 10.2. The second-order valence-corrected chi connectivity index (χ2v) is 7.58. The number of fused-ring (bicyclic) bond motifs is 1. The largest absolute Gasteiger partial charge is 0.486 e. The van der Waals surface area contributed by atoms with Gasteiger partial charge < -0.3 is 19.7 Å². The zero-order chi connectivity index (χ0) is 17.8. The van der Waals surface area contributed by atoms with Crippen molar-refractivity contribution in [3.05, 3.63) is 24.3 Å². The maximum Gasteiger partial charge on any atom is 0.234 e. The molecule has 1 N–H and O–H groups in total. The first kappa shape index (κ1) is 17.6. The van der Waals surface area contributed by atoms with Crippen LogP contribution in [-0.2, 0) is 4.79 Å². The van der Waals surface area contributed by atoms with Gasteiger partial charge in [0, 0.05) is 12.6 Å². The number of rotatable bonds is 6. The van der Waals surface area contributed by atoms with E-state index in [1.54, 1.807) is 0 Å². The van der Waals surface area contributed by atoms with Crippen LogP contribution in [0.25, 0.3) is 0 Å². The van der Waals surface area contributed by atoms with Crippen LogP contribution in [0, 0.1) is 0 Å². The molecule has 4 rings (SSSR count). The molecule has 142 valence electrons. The Labute approximate surface area is 155 Å². The van der Waals surface area contributed by atoms with Crippen LogP contribution < -0.4 is 14.8 Å². The zero-order valence-electron chi connectivity index (χ0n) is 15.4. The van der Waals surface area contributed by atoms with Gasteiger partial charge in [0.05, 0.1) is 13.1 Å². The fourth-order valence-corrected chi connectivity index (χ4v) is 4.21. The lowest BCUT2D eigenvalue weighted by Crippen LogP contribution is -2.47. The molecule has 3 aliphatic rings. The predicted octanol–water partition coefficient (Wildman–Crippen LogP) is 1.50. The van der Waals surface area contributed by atoms with E-state index in [1.807, 2.05) is 24.3 Å². The molecular formula is C20H29N3O3. The van der Waals surface area contributed by atoms with Crippen molar-refractivity contribution in [3.63, 3.8) is 0 Å². The van der Waals surface area contributed by atoms with Crippen molar-refractivity contribution in [1.82, 2.24) is 15.1 Å². The van der Waals surface area contributed by atoms with Gasteiger partial charge in [-0.3, -0.25) is 9.69 Å². The maximum atomic E-state index is 12.4.